The molecule has 350 valence electrons. The number of amides is 6. The number of likely N-dealkylation sites (N-methyl/N-ethyl adjacent to an activating group) is 4. The van der Waals surface area contributed by atoms with Crippen LogP contribution in [0.4, 0.5) is 5.69 Å². The fourth-order valence-electron chi connectivity index (χ4n) is 8.20. The summed E-state index contributed by atoms with van der Waals surface area (Å²) in [5, 5.41) is 8.24. The van der Waals surface area contributed by atoms with Gasteiger partial charge in [0, 0.05) is 52.6 Å². The van der Waals surface area contributed by atoms with Gasteiger partial charge < -0.3 is 49.8 Å². The summed E-state index contributed by atoms with van der Waals surface area (Å²) in [6, 6.07) is 22.7. The molecule has 6 amide bonds. The first-order chi connectivity index (χ1) is 31.6. The second-order valence-corrected chi connectivity index (χ2v) is 16.8. The lowest BCUT2D eigenvalue weighted by Gasteiger charge is -2.36. The average Bonchev–Trinajstić information content (AvgIpc) is 3.32. The molecular weight excluding hydrogens is 843 g/mol. The van der Waals surface area contributed by atoms with Gasteiger partial charge in [-0.1, -0.05) is 48.5 Å². The Kier molecular flexibility index (Phi) is 15.9. The van der Waals surface area contributed by atoms with Gasteiger partial charge in [-0.15, -0.1) is 0 Å². The maximum absolute atomic E-state index is 14.9. The van der Waals surface area contributed by atoms with Crippen LogP contribution in [0.3, 0.4) is 0 Å². The van der Waals surface area contributed by atoms with Gasteiger partial charge >= 0.3 is 0 Å². The van der Waals surface area contributed by atoms with Crippen LogP contribution in [0.25, 0.3) is 0 Å². The number of rotatable bonds is 9. The van der Waals surface area contributed by atoms with Gasteiger partial charge in [-0.05, 0) is 92.9 Å². The van der Waals surface area contributed by atoms with Crippen molar-refractivity contribution in [3.8, 4) is 23.0 Å². The van der Waals surface area contributed by atoms with E-state index in [2.05, 4.69) is 27.8 Å². The first-order valence-corrected chi connectivity index (χ1v) is 22.2. The van der Waals surface area contributed by atoms with E-state index in [-0.39, 0.29) is 19.3 Å². The number of benzene rings is 4. The molecule has 4 aromatic rings. The minimum atomic E-state index is -1.19. The van der Waals surface area contributed by atoms with Crippen LogP contribution in [-0.4, -0.2) is 134 Å². The van der Waals surface area contributed by atoms with Crippen molar-refractivity contribution >= 4 is 41.1 Å². The Balaban J connectivity index is 1.36. The molecule has 0 aromatic heterocycles. The third-order valence-electron chi connectivity index (χ3n) is 12.2. The molecule has 6 bridgehead atoms. The maximum atomic E-state index is 14.9. The first kappa shape index (κ1) is 48.4. The lowest BCUT2D eigenvalue weighted by molar-refractivity contribution is -0.149. The summed E-state index contributed by atoms with van der Waals surface area (Å²) in [5.74, 6) is -1.71. The standard InChI is InChI=1S/C50H61N7O9/c1-9-57(37-15-11-10-12-16-37)24-25-65-43-23-20-36-28-41-46(59)51-31(2)45(58)52-32(3)48(61)54(5)40(27-34-18-21-38(64-8)22-19-34)47(60)53-33(4)49(62)56(7)42(50(63)55(41)6)29-35-14-13-17-39(26-35)66-44(43)30-36/h10-23,26,30-33,40-42H,9,24-25,27-29H2,1-8H3,(H,51,59)(H,52,58)(H,53,60)/t31-,32+,33-,40+,41+,42+/m1/s1. The minimum Gasteiger partial charge on any atom is -0.497 e. The van der Waals surface area contributed by atoms with Crippen molar-refractivity contribution in [3.05, 3.63) is 114 Å². The monoisotopic (exact) mass is 903 g/mol. The number of fused-ring (bicyclic) bond motifs is 7. The molecule has 0 radical (unpaired) electrons. The molecular formula is C50H61N7O9. The Morgan fingerprint density at radius 2 is 1.27 bits per heavy atom. The number of nitrogens with one attached hydrogen (secondary N) is 3. The van der Waals surface area contributed by atoms with E-state index in [1.165, 1.54) is 63.7 Å². The molecule has 66 heavy (non-hydrogen) atoms. The summed E-state index contributed by atoms with van der Waals surface area (Å²) in [7, 11) is 5.96. The molecule has 3 N–H and O–H groups in total. The fraction of sp³-hybridized carbons (Fsp3) is 0.400. The van der Waals surface area contributed by atoms with Crippen LogP contribution in [0.2, 0.25) is 0 Å². The molecule has 1 fully saturated rings. The summed E-state index contributed by atoms with van der Waals surface area (Å²) in [4.78, 5) is 91.6. The zero-order valence-corrected chi connectivity index (χ0v) is 38.9. The van der Waals surface area contributed by atoms with Gasteiger partial charge in [-0.2, -0.15) is 0 Å². The Morgan fingerprint density at radius 1 is 0.652 bits per heavy atom. The van der Waals surface area contributed by atoms with Crippen LogP contribution in [0.15, 0.2) is 97.1 Å². The van der Waals surface area contributed by atoms with E-state index in [0.717, 1.165) is 12.2 Å². The molecule has 0 aliphatic carbocycles. The average molecular weight is 904 g/mol. The van der Waals surface area contributed by atoms with Crippen LogP contribution in [0, 0.1) is 0 Å². The van der Waals surface area contributed by atoms with E-state index >= 15 is 0 Å². The summed E-state index contributed by atoms with van der Waals surface area (Å²) in [6.45, 7) is 8.26. The number of ether oxygens (including phenoxy) is 3. The van der Waals surface area contributed by atoms with Crippen LogP contribution in [0.1, 0.15) is 44.4 Å². The van der Waals surface area contributed by atoms with Crippen molar-refractivity contribution in [1.82, 2.24) is 30.7 Å². The van der Waals surface area contributed by atoms with Crippen molar-refractivity contribution < 1.29 is 43.0 Å². The number of nitrogens with zero attached hydrogens (tertiary/aromatic N) is 4. The lowest BCUT2D eigenvalue weighted by atomic mass is 9.99. The molecule has 1 saturated heterocycles. The van der Waals surface area contributed by atoms with E-state index in [1.807, 2.05) is 36.4 Å². The minimum absolute atomic E-state index is 0.0128. The first-order valence-electron chi connectivity index (χ1n) is 22.2. The van der Waals surface area contributed by atoms with E-state index in [1.54, 1.807) is 60.7 Å². The van der Waals surface area contributed by atoms with Crippen LogP contribution >= 0.6 is 0 Å². The van der Waals surface area contributed by atoms with Crippen molar-refractivity contribution in [2.75, 3.05) is 52.8 Å². The number of hydrogen-bond acceptors (Lipinski definition) is 10. The third-order valence-corrected chi connectivity index (χ3v) is 12.2. The van der Waals surface area contributed by atoms with Crippen LogP contribution < -0.4 is 35.1 Å². The molecule has 16 nitrogen and oxygen atoms in total. The third kappa shape index (κ3) is 11.6. The number of carbonyl (C=O) groups is 6. The Labute approximate surface area is 386 Å². The second-order valence-electron chi connectivity index (χ2n) is 16.8. The Bertz CT molecular complexity index is 2380. The quantitative estimate of drug-likeness (QED) is 0.224. The zero-order valence-electron chi connectivity index (χ0n) is 38.9. The van der Waals surface area contributed by atoms with E-state index < -0.39 is 71.7 Å². The number of hydrogen-bond donors (Lipinski definition) is 3. The summed E-state index contributed by atoms with van der Waals surface area (Å²) in [6.07, 6.45) is 0.0643. The van der Waals surface area contributed by atoms with Crippen LogP contribution in [0.5, 0.6) is 23.0 Å². The highest BCUT2D eigenvalue weighted by Gasteiger charge is 2.39. The number of anilines is 1. The maximum Gasteiger partial charge on any atom is 0.246 e. The van der Waals surface area contributed by atoms with Gasteiger partial charge in [0.05, 0.1) is 13.7 Å². The highest BCUT2D eigenvalue weighted by molar-refractivity contribution is 5.98. The molecule has 2 heterocycles. The van der Waals surface area contributed by atoms with E-state index in [9.17, 15) is 28.8 Å². The predicted octanol–water partition coefficient (Wildman–Crippen LogP) is 3.74. The number of carbonyl (C=O) groups excluding carboxylic acids is 6. The van der Waals surface area contributed by atoms with Gasteiger partial charge in [0.25, 0.3) is 0 Å². The highest BCUT2D eigenvalue weighted by Crippen LogP contribution is 2.35. The summed E-state index contributed by atoms with van der Waals surface area (Å²) in [5.41, 5.74) is 3.05. The second kappa shape index (κ2) is 21.7. The largest absolute Gasteiger partial charge is 0.497 e. The van der Waals surface area contributed by atoms with Crippen molar-refractivity contribution in [3.63, 3.8) is 0 Å². The van der Waals surface area contributed by atoms with E-state index in [4.69, 9.17) is 14.2 Å². The Hall–Kier alpha value is -7.10. The van der Waals surface area contributed by atoms with Crippen molar-refractivity contribution in [2.24, 2.45) is 0 Å². The smallest absolute Gasteiger partial charge is 0.246 e. The normalized spacial score (nSPS) is 22.3. The van der Waals surface area contributed by atoms with Crippen LogP contribution in [-0.2, 0) is 48.0 Å². The van der Waals surface area contributed by atoms with E-state index in [0.29, 0.717) is 52.8 Å². The molecule has 2 aliphatic rings. The van der Waals surface area contributed by atoms with Gasteiger partial charge in [0.15, 0.2) is 11.5 Å². The SMILES string of the molecule is CCN(CCOc1ccc2cc1Oc1cccc(c1)C[C@H]1C(=O)N(C)[C@@H](C2)C(=O)N[C@H](C)C(=O)N[C@@H](C)C(=O)N(C)[C@@H](Cc2ccc(OC)cc2)C(=O)N[C@H](C)C(=O)N1C)c1ccccc1. The molecule has 4 aromatic carbocycles. The lowest BCUT2D eigenvalue weighted by Crippen LogP contribution is -2.61. The number of methoxy groups -OCH3 is 1. The van der Waals surface area contributed by atoms with Gasteiger partial charge in [-0.25, -0.2) is 0 Å². The summed E-state index contributed by atoms with van der Waals surface area (Å²) >= 11 is 0. The predicted molar refractivity (Wildman–Crippen MR) is 249 cm³/mol. The molecule has 0 spiro atoms. The molecule has 6 rings (SSSR count). The topological polar surface area (TPSA) is 179 Å². The molecule has 2 aliphatic heterocycles. The van der Waals surface area contributed by atoms with Gasteiger partial charge in [0.1, 0.15) is 54.4 Å². The Morgan fingerprint density at radius 3 is 1.95 bits per heavy atom. The van der Waals surface area contributed by atoms with Gasteiger partial charge in [0.2, 0.25) is 35.4 Å². The molecule has 0 unspecified atom stereocenters. The molecule has 0 saturated carbocycles. The fourth-order valence-corrected chi connectivity index (χ4v) is 8.20. The zero-order chi connectivity index (χ0) is 47.7. The van der Waals surface area contributed by atoms with Gasteiger partial charge in [-0.3, -0.25) is 28.8 Å². The molecule has 16 heteroatoms. The van der Waals surface area contributed by atoms with Crippen molar-refractivity contribution in [1.29, 1.82) is 0 Å². The van der Waals surface area contributed by atoms with Crippen molar-refractivity contribution in [2.45, 2.75) is 83.2 Å². The highest BCUT2D eigenvalue weighted by atomic mass is 16.5. The summed E-state index contributed by atoms with van der Waals surface area (Å²) < 4.78 is 18.2. The molecule has 6 atom stereocenters. The number of para-hydroxylation sites is 1.